The first-order valence-electron chi connectivity index (χ1n) is 13.3. The lowest BCUT2D eigenvalue weighted by molar-refractivity contribution is -0.154. The monoisotopic (exact) mass is 502 g/mol. The molecule has 36 heavy (non-hydrogen) atoms. The molecule has 5 atom stereocenters. The van der Waals surface area contributed by atoms with E-state index in [4.69, 9.17) is 14.6 Å². The number of fused-ring (bicyclic) bond motifs is 2. The zero-order chi connectivity index (χ0) is 26.3. The molecule has 4 heterocycles. The zero-order valence-electron chi connectivity index (χ0n) is 22.4. The minimum Gasteiger partial charge on any atom is -0.461 e. The summed E-state index contributed by atoms with van der Waals surface area (Å²) in [5, 5.41) is 9.10. The van der Waals surface area contributed by atoms with Gasteiger partial charge in [0.1, 0.15) is 24.2 Å². The molecule has 0 aliphatic carbocycles. The van der Waals surface area contributed by atoms with Gasteiger partial charge in [0, 0.05) is 25.2 Å². The number of rotatable bonds is 8. The number of carbonyl (C=O) groups is 3. The summed E-state index contributed by atoms with van der Waals surface area (Å²) in [5.74, 6) is -2.36. The van der Waals surface area contributed by atoms with Gasteiger partial charge in [0.25, 0.3) is 0 Å². The average molecular weight is 503 g/mol. The van der Waals surface area contributed by atoms with Crippen LogP contribution in [0, 0.1) is 17.3 Å². The predicted molar refractivity (Wildman–Crippen MR) is 135 cm³/mol. The van der Waals surface area contributed by atoms with Crippen molar-refractivity contribution in [3.8, 4) is 0 Å². The van der Waals surface area contributed by atoms with Gasteiger partial charge < -0.3 is 24.4 Å². The maximum absolute atomic E-state index is 14.4. The molecule has 0 radical (unpaired) electrons. The number of ether oxygens (including phenoxy) is 2. The molecule has 4 aliphatic heterocycles. The third kappa shape index (κ3) is 4.74. The minimum atomic E-state index is -1.21. The van der Waals surface area contributed by atoms with Crippen LogP contribution in [0.5, 0.6) is 0 Å². The van der Waals surface area contributed by atoms with E-state index in [1.807, 2.05) is 17.1 Å². The van der Waals surface area contributed by atoms with Gasteiger partial charge in [-0.1, -0.05) is 51.8 Å². The van der Waals surface area contributed by atoms with Crippen LogP contribution < -0.4 is 0 Å². The molecule has 8 heteroatoms. The number of aliphatic hydroxyl groups is 1. The van der Waals surface area contributed by atoms with Gasteiger partial charge in [0.2, 0.25) is 11.8 Å². The number of amides is 2. The number of likely N-dealkylation sites (tertiary alicyclic amines) is 1. The highest BCUT2D eigenvalue weighted by atomic mass is 16.6. The number of unbranched alkanes of at least 4 members (excludes halogenated alkanes) is 3. The Morgan fingerprint density at radius 2 is 1.75 bits per heavy atom. The molecule has 4 rings (SSSR count). The molecule has 0 bridgehead atoms. The lowest BCUT2D eigenvalue weighted by atomic mass is 9.77. The first-order chi connectivity index (χ1) is 16.9. The van der Waals surface area contributed by atoms with Crippen LogP contribution in [0.15, 0.2) is 24.3 Å². The Kier molecular flexibility index (Phi) is 7.41. The summed E-state index contributed by atoms with van der Waals surface area (Å²) in [6.07, 6.45) is 10.7. The van der Waals surface area contributed by atoms with Crippen LogP contribution in [0.25, 0.3) is 0 Å². The van der Waals surface area contributed by atoms with Crippen molar-refractivity contribution in [3.05, 3.63) is 24.3 Å². The SMILES string of the molecule is CC(C)(C)CC(C)(C)N1CC=C[C@]23O[C@@H]4C=CCOC(=O)[C@@H]4[C@H]2C(=O)N(CCCCCCO)C3C1=O. The summed E-state index contributed by atoms with van der Waals surface area (Å²) in [7, 11) is 0. The summed E-state index contributed by atoms with van der Waals surface area (Å²) in [4.78, 5) is 44.9. The van der Waals surface area contributed by atoms with E-state index in [9.17, 15) is 14.4 Å². The normalized spacial score (nSPS) is 32.2. The Labute approximate surface area is 214 Å². The van der Waals surface area contributed by atoms with E-state index in [0.717, 1.165) is 19.3 Å². The number of esters is 1. The largest absolute Gasteiger partial charge is 0.461 e. The quantitative estimate of drug-likeness (QED) is 0.312. The lowest BCUT2D eigenvalue weighted by Gasteiger charge is -2.44. The number of aliphatic hydroxyl groups excluding tert-OH is 1. The van der Waals surface area contributed by atoms with Crippen molar-refractivity contribution in [2.24, 2.45) is 17.3 Å². The molecule has 0 aromatic heterocycles. The smallest absolute Gasteiger partial charge is 0.313 e. The molecule has 1 unspecified atom stereocenters. The van der Waals surface area contributed by atoms with Crippen molar-refractivity contribution in [1.29, 1.82) is 0 Å². The molecule has 0 aromatic carbocycles. The van der Waals surface area contributed by atoms with Gasteiger partial charge in [-0.15, -0.1) is 0 Å². The number of cyclic esters (lactones) is 1. The van der Waals surface area contributed by atoms with Crippen LogP contribution in [0.1, 0.15) is 66.7 Å². The molecule has 200 valence electrons. The number of hydrogen-bond acceptors (Lipinski definition) is 6. The highest BCUT2D eigenvalue weighted by Gasteiger charge is 2.72. The van der Waals surface area contributed by atoms with Gasteiger partial charge in [-0.2, -0.15) is 0 Å². The lowest BCUT2D eigenvalue weighted by Crippen LogP contribution is -2.59. The van der Waals surface area contributed by atoms with Gasteiger partial charge in [-0.3, -0.25) is 14.4 Å². The van der Waals surface area contributed by atoms with Gasteiger partial charge in [0.15, 0.2) is 0 Å². The Bertz CT molecular complexity index is 935. The van der Waals surface area contributed by atoms with E-state index in [2.05, 4.69) is 34.6 Å². The molecule has 2 fully saturated rings. The Morgan fingerprint density at radius 3 is 2.44 bits per heavy atom. The van der Waals surface area contributed by atoms with Crippen molar-refractivity contribution in [2.45, 2.75) is 90.0 Å². The highest BCUT2D eigenvalue weighted by Crippen LogP contribution is 2.53. The predicted octanol–water partition coefficient (Wildman–Crippen LogP) is 2.85. The Morgan fingerprint density at radius 1 is 1.03 bits per heavy atom. The number of carbonyl (C=O) groups excluding carboxylic acids is 3. The van der Waals surface area contributed by atoms with E-state index in [1.165, 1.54) is 0 Å². The summed E-state index contributed by atoms with van der Waals surface area (Å²) in [6.45, 7) is 11.8. The molecule has 8 nitrogen and oxygen atoms in total. The maximum Gasteiger partial charge on any atom is 0.313 e. The van der Waals surface area contributed by atoms with Crippen LogP contribution in [-0.2, 0) is 23.9 Å². The third-order valence-corrected chi connectivity index (χ3v) is 7.91. The van der Waals surface area contributed by atoms with Crippen LogP contribution >= 0.6 is 0 Å². The van der Waals surface area contributed by atoms with Crippen molar-refractivity contribution < 1.29 is 29.0 Å². The fourth-order valence-electron chi connectivity index (χ4n) is 6.89. The van der Waals surface area contributed by atoms with E-state index in [-0.39, 0.29) is 30.4 Å². The molecule has 2 saturated heterocycles. The second-order valence-corrected chi connectivity index (χ2v) is 12.5. The van der Waals surface area contributed by atoms with Crippen molar-refractivity contribution in [2.75, 3.05) is 26.3 Å². The molecule has 1 spiro atoms. The molecule has 2 amide bonds. The molecule has 4 aliphatic rings. The highest BCUT2D eigenvalue weighted by molar-refractivity contribution is 5.99. The van der Waals surface area contributed by atoms with E-state index in [0.29, 0.717) is 25.9 Å². The first kappa shape index (κ1) is 26.9. The van der Waals surface area contributed by atoms with Crippen LogP contribution in [0.2, 0.25) is 0 Å². The summed E-state index contributed by atoms with van der Waals surface area (Å²) in [5.41, 5.74) is -1.65. The molecule has 0 saturated carbocycles. The van der Waals surface area contributed by atoms with E-state index in [1.54, 1.807) is 17.1 Å². The Balaban J connectivity index is 1.72. The fourth-order valence-corrected chi connectivity index (χ4v) is 6.89. The van der Waals surface area contributed by atoms with Crippen LogP contribution in [0.3, 0.4) is 0 Å². The Hall–Kier alpha value is -2.19. The number of nitrogens with zero attached hydrogens (tertiary/aromatic N) is 2. The van der Waals surface area contributed by atoms with E-state index >= 15 is 0 Å². The van der Waals surface area contributed by atoms with Crippen LogP contribution in [0.4, 0.5) is 0 Å². The molecule has 1 N–H and O–H groups in total. The molecule has 0 aromatic rings. The average Bonchev–Trinajstić information content (AvgIpc) is 3.05. The van der Waals surface area contributed by atoms with Crippen LogP contribution in [-0.4, -0.2) is 82.3 Å². The van der Waals surface area contributed by atoms with Crippen molar-refractivity contribution in [3.63, 3.8) is 0 Å². The first-order valence-corrected chi connectivity index (χ1v) is 13.3. The second-order valence-electron chi connectivity index (χ2n) is 12.5. The van der Waals surface area contributed by atoms with Crippen molar-refractivity contribution in [1.82, 2.24) is 9.80 Å². The fraction of sp³-hybridized carbons (Fsp3) is 0.750. The van der Waals surface area contributed by atoms with Gasteiger partial charge in [0.05, 0.1) is 12.0 Å². The molecular weight excluding hydrogens is 460 g/mol. The van der Waals surface area contributed by atoms with E-state index < -0.39 is 41.1 Å². The summed E-state index contributed by atoms with van der Waals surface area (Å²) in [6, 6.07) is -0.834. The third-order valence-electron chi connectivity index (χ3n) is 7.91. The summed E-state index contributed by atoms with van der Waals surface area (Å²) < 4.78 is 12.0. The standard InChI is InChI=1S/C28H42N2O6/c1-26(2,3)18-27(4,5)30-15-11-13-28-21(20-19(36-28)12-10-17-35-25(20)34)23(32)29(22(28)24(30)33)14-8-6-7-9-16-31/h10-13,19-22,31H,6-9,14-18H2,1-5H3/t19-,20+,21+,22?,28+/m1/s1. The van der Waals surface area contributed by atoms with Gasteiger partial charge in [-0.25, -0.2) is 0 Å². The minimum absolute atomic E-state index is 0.00349. The zero-order valence-corrected chi connectivity index (χ0v) is 22.4. The maximum atomic E-state index is 14.4. The van der Waals surface area contributed by atoms with Gasteiger partial charge in [-0.05, 0) is 44.6 Å². The van der Waals surface area contributed by atoms with Gasteiger partial charge >= 0.3 is 5.97 Å². The second kappa shape index (κ2) is 9.93. The van der Waals surface area contributed by atoms with Crippen molar-refractivity contribution >= 4 is 17.8 Å². The summed E-state index contributed by atoms with van der Waals surface area (Å²) >= 11 is 0. The molecular formula is C28H42N2O6. The topological polar surface area (TPSA) is 96.4 Å². The number of hydrogen-bond donors (Lipinski definition) is 1.